The van der Waals surface area contributed by atoms with Gasteiger partial charge in [0.15, 0.2) is 0 Å². The minimum absolute atomic E-state index is 0. The van der Waals surface area contributed by atoms with E-state index in [1.807, 2.05) is 0 Å². The highest BCUT2D eigenvalue weighted by molar-refractivity contribution is 4.64. The first-order valence-corrected chi connectivity index (χ1v) is 2.90. The van der Waals surface area contributed by atoms with E-state index >= 15 is 0 Å². The maximum absolute atomic E-state index is 5.27. The lowest BCUT2D eigenvalue weighted by Crippen LogP contribution is -1.94. The third-order valence-corrected chi connectivity index (χ3v) is 1.40. The topological polar surface area (TPSA) is 40.7 Å². The Morgan fingerprint density at radius 1 is 1.38 bits per heavy atom. The van der Waals surface area contributed by atoms with Gasteiger partial charge in [0, 0.05) is 6.61 Å². The third kappa shape index (κ3) is 1.80. The van der Waals surface area contributed by atoms with Crippen LogP contribution in [0, 0.1) is 5.92 Å². The number of hydrogen-bond donors (Lipinski definition) is 0. The second kappa shape index (κ2) is 3.05. The fraction of sp³-hybridized carbons (Fsp3) is 1.00. The number of hydrogen-bond acceptors (Lipinski definition) is 1. The SMILES string of the molecule is CC1COC(C)C1.O. The van der Waals surface area contributed by atoms with E-state index < -0.39 is 0 Å². The quantitative estimate of drug-likeness (QED) is 0.459. The lowest BCUT2D eigenvalue weighted by atomic mass is 10.1. The van der Waals surface area contributed by atoms with Crippen LogP contribution < -0.4 is 0 Å². The molecule has 50 valence electrons. The molecule has 2 unspecified atom stereocenters. The molecule has 0 aromatic heterocycles. The summed E-state index contributed by atoms with van der Waals surface area (Å²) >= 11 is 0. The maximum Gasteiger partial charge on any atom is 0.0550 e. The van der Waals surface area contributed by atoms with Crippen molar-refractivity contribution < 1.29 is 10.2 Å². The molecule has 0 amide bonds. The molecule has 0 aromatic rings. The summed E-state index contributed by atoms with van der Waals surface area (Å²) in [5, 5.41) is 0. The predicted molar refractivity (Wildman–Crippen MR) is 32.8 cm³/mol. The lowest BCUT2D eigenvalue weighted by molar-refractivity contribution is 0.121. The van der Waals surface area contributed by atoms with Gasteiger partial charge in [-0.15, -0.1) is 0 Å². The Hall–Kier alpha value is -0.0800. The smallest absolute Gasteiger partial charge is 0.0550 e. The van der Waals surface area contributed by atoms with Crippen LogP contribution in [0.5, 0.6) is 0 Å². The molecule has 0 spiro atoms. The zero-order valence-electron chi connectivity index (χ0n) is 5.48. The number of ether oxygens (including phenoxy) is 1. The van der Waals surface area contributed by atoms with Gasteiger partial charge in [0.25, 0.3) is 0 Å². The van der Waals surface area contributed by atoms with Crippen molar-refractivity contribution in [3.63, 3.8) is 0 Å². The molecule has 2 heteroatoms. The normalized spacial score (nSPS) is 36.8. The van der Waals surface area contributed by atoms with Gasteiger partial charge in [-0.25, -0.2) is 0 Å². The molecule has 2 nitrogen and oxygen atoms in total. The van der Waals surface area contributed by atoms with Gasteiger partial charge in [0.1, 0.15) is 0 Å². The van der Waals surface area contributed by atoms with Gasteiger partial charge in [-0.05, 0) is 19.3 Å². The summed E-state index contributed by atoms with van der Waals surface area (Å²) in [5.41, 5.74) is 0. The van der Waals surface area contributed by atoms with Crippen LogP contribution in [0.4, 0.5) is 0 Å². The summed E-state index contributed by atoms with van der Waals surface area (Å²) in [6.45, 7) is 5.33. The van der Waals surface area contributed by atoms with E-state index in [2.05, 4.69) is 13.8 Å². The van der Waals surface area contributed by atoms with E-state index in [1.54, 1.807) is 0 Å². The van der Waals surface area contributed by atoms with Crippen molar-refractivity contribution in [2.75, 3.05) is 6.61 Å². The van der Waals surface area contributed by atoms with Gasteiger partial charge in [-0.1, -0.05) is 6.92 Å². The first-order valence-electron chi connectivity index (χ1n) is 2.90. The first-order chi connectivity index (χ1) is 3.29. The Morgan fingerprint density at radius 2 is 2.00 bits per heavy atom. The Kier molecular flexibility index (Phi) is 3.02. The summed E-state index contributed by atoms with van der Waals surface area (Å²) < 4.78 is 5.27. The average Bonchev–Trinajstić information content (AvgIpc) is 1.87. The van der Waals surface area contributed by atoms with Crippen LogP contribution in [-0.2, 0) is 4.74 Å². The van der Waals surface area contributed by atoms with Gasteiger partial charge in [0.05, 0.1) is 6.10 Å². The van der Waals surface area contributed by atoms with E-state index in [1.165, 1.54) is 6.42 Å². The molecule has 1 rings (SSSR count). The van der Waals surface area contributed by atoms with Crippen molar-refractivity contribution in [3.8, 4) is 0 Å². The van der Waals surface area contributed by atoms with Crippen molar-refractivity contribution in [2.45, 2.75) is 26.4 Å². The molecule has 0 saturated carbocycles. The zero-order valence-corrected chi connectivity index (χ0v) is 5.48. The zero-order chi connectivity index (χ0) is 5.28. The summed E-state index contributed by atoms with van der Waals surface area (Å²) in [4.78, 5) is 0. The largest absolute Gasteiger partial charge is 0.412 e. The summed E-state index contributed by atoms with van der Waals surface area (Å²) in [6, 6.07) is 0. The molecule has 0 bridgehead atoms. The molecule has 0 aromatic carbocycles. The minimum Gasteiger partial charge on any atom is -0.412 e. The van der Waals surface area contributed by atoms with Crippen molar-refractivity contribution in [1.29, 1.82) is 0 Å². The molecular weight excluding hydrogens is 104 g/mol. The molecular formula is C6H14O2. The van der Waals surface area contributed by atoms with Crippen molar-refractivity contribution in [2.24, 2.45) is 5.92 Å². The predicted octanol–water partition coefficient (Wildman–Crippen LogP) is 0.607. The summed E-state index contributed by atoms with van der Waals surface area (Å²) in [5.74, 6) is 0.801. The second-order valence-corrected chi connectivity index (χ2v) is 2.48. The van der Waals surface area contributed by atoms with Gasteiger partial charge in [0.2, 0.25) is 0 Å². The van der Waals surface area contributed by atoms with Crippen LogP contribution in [0.2, 0.25) is 0 Å². The van der Waals surface area contributed by atoms with Crippen LogP contribution >= 0.6 is 0 Å². The van der Waals surface area contributed by atoms with Crippen molar-refractivity contribution >= 4 is 0 Å². The van der Waals surface area contributed by atoms with Crippen LogP contribution in [0.3, 0.4) is 0 Å². The summed E-state index contributed by atoms with van der Waals surface area (Å²) in [7, 11) is 0. The highest BCUT2D eigenvalue weighted by Gasteiger charge is 2.16. The first kappa shape index (κ1) is 7.92. The molecule has 1 aliphatic heterocycles. The second-order valence-electron chi connectivity index (χ2n) is 2.48. The Balaban J connectivity index is 0.000000490. The van der Waals surface area contributed by atoms with E-state index in [9.17, 15) is 0 Å². The Morgan fingerprint density at radius 3 is 2.12 bits per heavy atom. The van der Waals surface area contributed by atoms with Crippen molar-refractivity contribution in [1.82, 2.24) is 0 Å². The van der Waals surface area contributed by atoms with Crippen LogP contribution in [0.15, 0.2) is 0 Å². The van der Waals surface area contributed by atoms with Crippen LogP contribution in [0.25, 0.3) is 0 Å². The van der Waals surface area contributed by atoms with E-state index in [-0.39, 0.29) is 5.48 Å². The maximum atomic E-state index is 5.27. The summed E-state index contributed by atoms with van der Waals surface area (Å²) in [6.07, 6.45) is 1.77. The molecule has 0 radical (unpaired) electrons. The molecule has 2 atom stereocenters. The molecule has 0 aliphatic carbocycles. The van der Waals surface area contributed by atoms with E-state index in [0.29, 0.717) is 6.10 Å². The van der Waals surface area contributed by atoms with Gasteiger partial charge in [-0.3, -0.25) is 0 Å². The van der Waals surface area contributed by atoms with E-state index in [4.69, 9.17) is 4.74 Å². The van der Waals surface area contributed by atoms with Gasteiger partial charge >= 0.3 is 0 Å². The van der Waals surface area contributed by atoms with E-state index in [0.717, 1.165) is 12.5 Å². The lowest BCUT2D eigenvalue weighted by Gasteiger charge is -1.94. The van der Waals surface area contributed by atoms with Gasteiger partial charge in [-0.2, -0.15) is 0 Å². The molecule has 1 heterocycles. The molecule has 8 heavy (non-hydrogen) atoms. The van der Waals surface area contributed by atoms with Gasteiger partial charge < -0.3 is 10.2 Å². The standard InChI is InChI=1S/C6H12O.H2O/c1-5-3-6(2)7-4-5;/h5-6H,3-4H2,1-2H3;1H2. The highest BCUT2D eigenvalue weighted by atomic mass is 16.5. The monoisotopic (exact) mass is 118 g/mol. The highest BCUT2D eigenvalue weighted by Crippen LogP contribution is 2.16. The van der Waals surface area contributed by atoms with Crippen LogP contribution in [0.1, 0.15) is 20.3 Å². The van der Waals surface area contributed by atoms with Crippen molar-refractivity contribution in [3.05, 3.63) is 0 Å². The average molecular weight is 118 g/mol. The molecule has 1 aliphatic rings. The molecule has 1 saturated heterocycles. The Labute approximate surface area is 50.2 Å². The fourth-order valence-corrected chi connectivity index (χ4v) is 1.03. The third-order valence-electron chi connectivity index (χ3n) is 1.40. The molecule has 1 fully saturated rings. The fourth-order valence-electron chi connectivity index (χ4n) is 1.03. The molecule has 2 N–H and O–H groups in total. The van der Waals surface area contributed by atoms with Crippen LogP contribution in [-0.4, -0.2) is 18.2 Å². The number of rotatable bonds is 0. The minimum atomic E-state index is 0. The Bertz CT molecular complexity index is 55.5.